The van der Waals surface area contributed by atoms with Crippen molar-refractivity contribution in [1.29, 1.82) is 0 Å². The third-order valence-electron chi connectivity index (χ3n) is 2.12. The standard InChI is InChI=1S/C11H8F2N2/c12-9-3-1-2-8(11(9)14)7-4-5-15-6-10(7)13/h1-6H,14H2. The van der Waals surface area contributed by atoms with Crippen LogP contribution >= 0.6 is 0 Å². The molecular weight excluding hydrogens is 198 g/mol. The third kappa shape index (κ3) is 1.66. The van der Waals surface area contributed by atoms with E-state index in [0.29, 0.717) is 5.56 Å². The Morgan fingerprint density at radius 3 is 2.53 bits per heavy atom. The van der Waals surface area contributed by atoms with E-state index >= 15 is 0 Å². The van der Waals surface area contributed by atoms with E-state index < -0.39 is 11.6 Å². The third-order valence-corrected chi connectivity index (χ3v) is 2.12. The number of para-hydroxylation sites is 1. The molecule has 1 heterocycles. The number of halogens is 2. The van der Waals surface area contributed by atoms with Gasteiger partial charge in [-0.05, 0) is 12.1 Å². The molecule has 0 radical (unpaired) electrons. The molecule has 1 aromatic carbocycles. The van der Waals surface area contributed by atoms with Crippen LogP contribution in [0, 0.1) is 11.6 Å². The Kier molecular flexibility index (Phi) is 2.33. The predicted molar refractivity (Wildman–Crippen MR) is 54.0 cm³/mol. The first-order valence-corrected chi connectivity index (χ1v) is 4.34. The van der Waals surface area contributed by atoms with E-state index in [9.17, 15) is 8.78 Å². The molecule has 0 unspecified atom stereocenters. The van der Waals surface area contributed by atoms with Crippen LogP contribution in [0.15, 0.2) is 36.7 Å². The molecule has 1 aromatic heterocycles. The summed E-state index contributed by atoms with van der Waals surface area (Å²) in [5, 5.41) is 0. The van der Waals surface area contributed by atoms with Crippen LogP contribution in [0.5, 0.6) is 0 Å². The zero-order valence-electron chi connectivity index (χ0n) is 7.74. The lowest BCUT2D eigenvalue weighted by Gasteiger charge is -2.06. The van der Waals surface area contributed by atoms with Crippen molar-refractivity contribution >= 4 is 5.69 Å². The maximum Gasteiger partial charge on any atom is 0.149 e. The first kappa shape index (κ1) is 9.58. The summed E-state index contributed by atoms with van der Waals surface area (Å²) in [6.07, 6.45) is 2.50. The van der Waals surface area contributed by atoms with Gasteiger partial charge in [-0.25, -0.2) is 8.78 Å². The van der Waals surface area contributed by atoms with Gasteiger partial charge < -0.3 is 5.73 Å². The van der Waals surface area contributed by atoms with Gasteiger partial charge in [0, 0.05) is 17.3 Å². The molecule has 0 bridgehead atoms. The van der Waals surface area contributed by atoms with E-state index in [-0.39, 0.29) is 11.3 Å². The quantitative estimate of drug-likeness (QED) is 0.728. The molecule has 0 aliphatic heterocycles. The minimum atomic E-state index is -0.552. The van der Waals surface area contributed by atoms with E-state index in [0.717, 1.165) is 6.20 Å². The number of hydrogen-bond acceptors (Lipinski definition) is 2. The van der Waals surface area contributed by atoms with Crippen molar-refractivity contribution in [3.05, 3.63) is 48.3 Å². The second-order valence-corrected chi connectivity index (χ2v) is 3.06. The minimum Gasteiger partial charge on any atom is -0.396 e. The van der Waals surface area contributed by atoms with Crippen molar-refractivity contribution in [3.63, 3.8) is 0 Å². The van der Waals surface area contributed by atoms with E-state index in [1.165, 1.54) is 24.4 Å². The van der Waals surface area contributed by atoms with Gasteiger partial charge in [-0.15, -0.1) is 0 Å². The maximum atomic E-state index is 13.3. The highest BCUT2D eigenvalue weighted by Gasteiger charge is 2.10. The van der Waals surface area contributed by atoms with Crippen LogP contribution in [-0.2, 0) is 0 Å². The summed E-state index contributed by atoms with van der Waals surface area (Å²) in [4.78, 5) is 3.61. The summed E-state index contributed by atoms with van der Waals surface area (Å²) in [6, 6.07) is 5.75. The first-order chi connectivity index (χ1) is 7.20. The highest BCUT2D eigenvalue weighted by molar-refractivity contribution is 5.76. The van der Waals surface area contributed by atoms with E-state index in [1.807, 2.05) is 0 Å². The fourth-order valence-electron chi connectivity index (χ4n) is 1.37. The number of nitrogens with zero attached hydrogens (tertiary/aromatic N) is 1. The molecule has 0 atom stereocenters. The van der Waals surface area contributed by atoms with Crippen molar-refractivity contribution in [2.45, 2.75) is 0 Å². The van der Waals surface area contributed by atoms with Gasteiger partial charge in [-0.2, -0.15) is 0 Å². The Balaban J connectivity index is 2.65. The molecule has 2 nitrogen and oxygen atoms in total. The fourth-order valence-corrected chi connectivity index (χ4v) is 1.37. The number of nitrogens with two attached hydrogens (primary N) is 1. The molecule has 0 saturated heterocycles. The normalized spacial score (nSPS) is 10.3. The monoisotopic (exact) mass is 206 g/mol. The van der Waals surface area contributed by atoms with Gasteiger partial charge in [-0.3, -0.25) is 4.98 Å². The smallest absolute Gasteiger partial charge is 0.149 e. The number of nitrogen functional groups attached to an aromatic ring is 1. The van der Waals surface area contributed by atoms with Gasteiger partial charge in [0.2, 0.25) is 0 Å². The van der Waals surface area contributed by atoms with Crippen molar-refractivity contribution in [1.82, 2.24) is 4.98 Å². The number of aromatic nitrogens is 1. The SMILES string of the molecule is Nc1c(F)cccc1-c1ccncc1F. The van der Waals surface area contributed by atoms with Crippen molar-refractivity contribution < 1.29 is 8.78 Å². The van der Waals surface area contributed by atoms with Gasteiger partial charge in [0.15, 0.2) is 0 Å². The molecule has 15 heavy (non-hydrogen) atoms. The lowest BCUT2D eigenvalue weighted by Crippen LogP contribution is -1.95. The van der Waals surface area contributed by atoms with Crippen LogP contribution in [0.3, 0.4) is 0 Å². The highest BCUT2D eigenvalue weighted by atomic mass is 19.1. The Morgan fingerprint density at radius 2 is 1.80 bits per heavy atom. The molecule has 4 heteroatoms. The zero-order chi connectivity index (χ0) is 10.8. The number of rotatable bonds is 1. The zero-order valence-corrected chi connectivity index (χ0v) is 7.74. The summed E-state index contributed by atoms with van der Waals surface area (Å²) in [5.41, 5.74) is 6.06. The number of pyridine rings is 1. The van der Waals surface area contributed by atoms with Gasteiger partial charge in [0.1, 0.15) is 11.6 Å². The highest BCUT2D eigenvalue weighted by Crippen LogP contribution is 2.28. The number of hydrogen-bond donors (Lipinski definition) is 1. The first-order valence-electron chi connectivity index (χ1n) is 4.34. The fraction of sp³-hybridized carbons (Fsp3) is 0. The minimum absolute atomic E-state index is 0.0531. The lowest BCUT2D eigenvalue weighted by atomic mass is 10.0. The summed E-state index contributed by atoms with van der Waals surface area (Å²) in [6.45, 7) is 0. The summed E-state index contributed by atoms with van der Waals surface area (Å²) in [7, 11) is 0. The van der Waals surface area contributed by atoms with Gasteiger partial charge in [0.05, 0.1) is 11.9 Å². The van der Waals surface area contributed by atoms with Crippen molar-refractivity contribution in [2.24, 2.45) is 0 Å². The van der Waals surface area contributed by atoms with Gasteiger partial charge in [0.25, 0.3) is 0 Å². The molecule has 0 aliphatic rings. The van der Waals surface area contributed by atoms with Gasteiger partial charge >= 0.3 is 0 Å². The molecule has 0 aliphatic carbocycles. The second-order valence-electron chi connectivity index (χ2n) is 3.06. The predicted octanol–water partition coefficient (Wildman–Crippen LogP) is 2.61. The second kappa shape index (κ2) is 3.65. The average molecular weight is 206 g/mol. The summed E-state index contributed by atoms with van der Waals surface area (Å²) in [5.74, 6) is -1.07. The molecule has 0 amide bonds. The van der Waals surface area contributed by atoms with E-state index in [2.05, 4.69) is 4.98 Å². The Labute approximate surface area is 85.4 Å². The van der Waals surface area contributed by atoms with Crippen LogP contribution in [0.4, 0.5) is 14.5 Å². The van der Waals surface area contributed by atoms with Crippen LogP contribution in [0.2, 0.25) is 0 Å². The lowest BCUT2D eigenvalue weighted by molar-refractivity contribution is 0.623. The van der Waals surface area contributed by atoms with Crippen molar-refractivity contribution in [3.8, 4) is 11.1 Å². The molecule has 2 rings (SSSR count). The molecule has 0 spiro atoms. The Hall–Kier alpha value is -1.97. The summed E-state index contributed by atoms with van der Waals surface area (Å²) < 4.78 is 26.5. The van der Waals surface area contributed by atoms with Crippen LogP contribution in [-0.4, -0.2) is 4.98 Å². The van der Waals surface area contributed by atoms with Gasteiger partial charge in [-0.1, -0.05) is 12.1 Å². The van der Waals surface area contributed by atoms with Crippen LogP contribution < -0.4 is 5.73 Å². The largest absolute Gasteiger partial charge is 0.396 e. The summed E-state index contributed by atoms with van der Waals surface area (Å²) >= 11 is 0. The number of anilines is 1. The Morgan fingerprint density at radius 1 is 1.00 bits per heavy atom. The average Bonchev–Trinajstić information content (AvgIpc) is 2.23. The van der Waals surface area contributed by atoms with Crippen LogP contribution in [0.25, 0.3) is 11.1 Å². The van der Waals surface area contributed by atoms with Crippen LogP contribution in [0.1, 0.15) is 0 Å². The molecule has 0 saturated carbocycles. The molecule has 2 N–H and O–H groups in total. The van der Waals surface area contributed by atoms with Crippen molar-refractivity contribution in [2.75, 3.05) is 5.73 Å². The van der Waals surface area contributed by atoms with E-state index in [1.54, 1.807) is 6.07 Å². The molecule has 2 aromatic rings. The number of benzene rings is 1. The topological polar surface area (TPSA) is 38.9 Å². The molecule has 76 valence electrons. The molecular formula is C11H8F2N2. The maximum absolute atomic E-state index is 13.3. The van der Waals surface area contributed by atoms with E-state index in [4.69, 9.17) is 5.73 Å². The Bertz CT molecular complexity index is 498. The molecule has 0 fully saturated rings.